The molecule has 4 heteroatoms. The zero-order valence-electron chi connectivity index (χ0n) is 10.1. The van der Waals surface area contributed by atoms with E-state index in [-0.39, 0.29) is 0 Å². The Kier molecular flexibility index (Phi) is 4.27. The fourth-order valence-corrected chi connectivity index (χ4v) is 1.76. The molecule has 0 radical (unpaired) electrons. The van der Waals surface area contributed by atoms with Gasteiger partial charge < -0.3 is 5.32 Å². The summed E-state index contributed by atoms with van der Waals surface area (Å²) >= 11 is 0. The second-order valence-electron chi connectivity index (χ2n) is 4.14. The molecular formula is C13H18N4. The number of benzene rings is 1. The Labute approximate surface area is 101 Å². The highest BCUT2D eigenvalue weighted by molar-refractivity contribution is 5.25. The Hall–Kier alpha value is -1.68. The first kappa shape index (κ1) is 11.8. The van der Waals surface area contributed by atoms with E-state index in [1.807, 2.05) is 0 Å². The van der Waals surface area contributed by atoms with Crippen molar-refractivity contribution in [1.29, 1.82) is 0 Å². The van der Waals surface area contributed by atoms with Gasteiger partial charge in [-0.1, -0.05) is 24.3 Å². The monoisotopic (exact) mass is 230 g/mol. The molecule has 0 unspecified atom stereocenters. The maximum Gasteiger partial charge on any atom is 0.137 e. The van der Waals surface area contributed by atoms with E-state index < -0.39 is 0 Å². The maximum atomic E-state index is 4.09. The molecule has 0 saturated heterocycles. The Morgan fingerprint density at radius 1 is 1.29 bits per heavy atom. The van der Waals surface area contributed by atoms with Crippen LogP contribution in [0.15, 0.2) is 30.6 Å². The first-order valence-electron chi connectivity index (χ1n) is 5.96. The third kappa shape index (κ3) is 3.67. The summed E-state index contributed by atoms with van der Waals surface area (Å²) in [7, 11) is 0. The van der Waals surface area contributed by atoms with Gasteiger partial charge in [-0.05, 0) is 31.0 Å². The number of aromatic nitrogens is 3. The van der Waals surface area contributed by atoms with Crippen molar-refractivity contribution in [1.82, 2.24) is 20.5 Å². The van der Waals surface area contributed by atoms with Crippen molar-refractivity contribution in [2.75, 3.05) is 6.54 Å². The summed E-state index contributed by atoms with van der Waals surface area (Å²) in [5, 5.41) is 10.1. The molecule has 0 aliphatic rings. The zero-order valence-corrected chi connectivity index (χ0v) is 10.1. The third-order valence-electron chi connectivity index (χ3n) is 2.81. The summed E-state index contributed by atoms with van der Waals surface area (Å²) in [6.07, 6.45) is 3.57. The van der Waals surface area contributed by atoms with E-state index in [0.717, 1.165) is 31.8 Å². The van der Waals surface area contributed by atoms with E-state index in [2.05, 4.69) is 51.7 Å². The molecule has 90 valence electrons. The van der Waals surface area contributed by atoms with E-state index in [1.54, 1.807) is 6.33 Å². The molecule has 0 atom stereocenters. The van der Waals surface area contributed by atoms with Crippen molar-refractivity contribution >= 4 is 0 Å². The molecule has 17 heavy (non-hydrogen) atoms. The standard InChI is InChI=1S/C13H18N4/c1-11-5-2-3-6-12(11)9-14-8-4-7-13-15-10-16-17-13/h2-3,5-6,10,14H,4,7-9H2,1H3,(H,15,16,17). The third-order valence-corrected chi connectivity index (χ3v) is 2.81. The molecule has 1 aromatic carbocycles. The highest BCUT2D eigenvalue weighted by Crippen LogP contribution is 2.05. The molecule has 1 heterocycles. The number of hydrogen-bond donors (Lipinski definition) is 2. The van der Waals surface area contributed by atoms with E-state index in [9.17, 15) is 0 Å². The molecule has 0 saturated carbocycles. The number of nitrogens with zero attached hydrogens (tertiary/aromatic N) is 2. The fraction of sp³-hybridized carbons (Fsp3) is 0.385. The van der Waals surface area contributed by atoms with Gasteiger partial charge >= 0.3 is 0 Å². The maximum absolute atomic E-state index is 4.09. The normalized spacial score (nSPS) is 10.6. The van der Waals surface area contributed by atoms with Gasteiger partial charge in [0.2, 0.25) is 0 Å². The molecule has 0 aliphatic carbocycles. The minimum absolute atomic E-state index is 0.934. The fourth-order valence-electron chi connectivity index (χ4n) is 1.76. The van der Waals surface area contributed by atoms with Gasteiger partial charge in [0.15, 0.2) is 0 Å². The van der Waals surface area contributed by atoms with Crippen LogP contribution >= 0.6 is 0 Å². The van der Waals surface area contributed by atoms with E-state index in [1.165, 1.54) is 11.1 Å². The predicted octanol–water partition coefficient (Wildman–Crippen LogP) is 1.84. The topological polar surface area (TPSA) is 53.6 Å². The van der Waals surface area contributed by atoms with E-state index >= 15 is 0 Å². The molecule has 1 aromatic heterocycles. The van der Waals surface area contributed by atoms with Gasteiger partial charge in [0.05, 0.1) is 0 Å². The molecule has 0 bridgehead atoms. The minimum Gasteiger partial charge on any atom is -0.313 e. The first-order chi connectivity index (χ1) is 8.36. The number of nitrogens with one attached hydrogen (secondary N) is 2. The number of aryl methyl sites for hydroxylation is 2. The Morgan fingerprint density at radius 3 is 2.94 bits per heavy atom. The Morgan fingerprint density at radius 2 is 2.18 bits per heavy atom. The van der Waals surface area contributed by atoms with Gasteiger partial charge in [0.25, 0.3) is 0 Å². The molecule has 0 fully saturated rings. The minimum atomic E-state index is 0.934. The lowest BCUT2D eigenvalue weighted by Gasteiger charge is -2.06. The van der Waals surface area contributed by atoms with Gasteiger partial charge in [0.1, 0.15) is 12.2 Å². The summed E-state index contributed by atoms with van der Waals surface area (Å²) in [5.41, 5.74) is 2.71. The van der Waals surface area contributed by atoms with Crippen molar-refractivity contribution in [2.45, 2.75) is 26.3 Å². The van der Waals surface area contributed by atoms with Gasteiger partial charge in [-0.3, -0.25) is 5.10 Å². The molecule has 4 nitrogen and oxygen atoms in total. The van der Waals surface area contributed by atoms with Crippen molar-refractivity contribution in [3.63, 3.8) is 0 Å². The van der Waals surface area contributed by atoms with Crippen LogP contribution in [0.4, 0.5) is 0 Å². The SMILES string of the molecule is Cc1ccccc1CNCCCc1ncn[nH]1. The number of hydrogen-bond acceptors (Lipinski definition) is 3. The molecule has 0 spiro atoms. The van der Waals surface area contributed by atoms with Crippen LogP contribution in [0.1, 0.15) is 23.4 Å². The average Bonchev–Trinajstić information content (AvgIpc) is 2.84. The smallest absolute Gasteiger partial charge is 0.137 e. The predicted molar refractivity (Wildman–Crippen MR) is 67.6 cm³/mol. The molecule has 2 aromatic rings. The zero-order chi connectivity index (χ0) is 11.9. The van der Waals surface area contributed by atoms with Crippen LogP contribution in [0, 0.1) is 6.92 Å². The second kappa shape index (κ2) is 6.15. The summed E-state index contributed by atoms with van der Waals surface area (Å²) in [4.78, 5) is 4.09. The highest BCUT2D eigenvalue weighted by atomic mass is 15.2. The lowest BCUT2D eigenvalue weighted by molar-refractivity contribution is 0.638. The van der Waals surface area contributed by atoms with Crippen LogP contribution in [-0.4, -0.2) is 21.7 Å². The molecular weight excluding hydrogens is 212 g/mol. The summed E-state index contributed by atoms with van der Waals surface area (Å²) < 4.78 is 0. The molecule has 2 N–H and O–H groups in total. The van der Waals surface area contributed by atoms with Crippen LogP contribution in [0.2, 0.25) is 0 Å². The summed E-state index contributed by atoms with van der Waals surface area (Å²) in [6, 6.07) is 8.46. The second-order valence-corrected chi connectivity index (χ2v) is 4.14. The Bertz CT molecular complexity index is 436. The lowest BCUT2D eigenvalue weighted by Crippen LogP contribution is -2.16. The van der Waals surface area contributed by atoms with E-state index in [4.69, 9.17) is 0 Å². The van der Waals surface area contributed by atoms with Crippen molar-refractivity contribution < 1.29 is 0 Å². The lowest BCUT2D eigenvalue weighted by atomic mass is 10.1. The van der Waals surface area contributed by atoms with Crippen LogP contribution in [-0.2, 0) is 13.0 Å². The Balaban J connectivity index is 1.65. The summed E-state index contributed by atoms with van der Waals surface area (Å²) in [6.45, 7) is 4.07. The van der Waals surface area contributed by atoms with Gasteiger partial charge in [-0.25, -0.2) is 4.98 Å². The van der Waals surface area contributed by atoms with Crippen molar-refractivity contribution in [3.8, 4) is 0 Å². The first-order valence-corrected chi connectivity index (χ1v) is 5.96. The van der Waals surface area contributed by atoms with Gasteiger partial charge in [-0.15, -0.1) is 0 Å². The van der Waals surface area contributed by atoms with Crippen molar-refractivity contribution in [2.24, 2.45) is 0 Å². The van der Waals surface area contributed by atoms with Gasteiger partial charge in [-0.2, -0.15) is 5.10 Å². The van der Waals surface area contributed by atoms with Crippen LogP contribution in [0.5, 0.6) is 0 Å². The number of aromatic amines is 1. The average molecular weight is 230 g/mol. The quantitative estimate of drug-likeness (QED) is 0.744. The van der Waals surface area contributed by atoms with Crippen LogP contribution in [0.25, 0.3) is 0 Å². The summed E-state index contributed by atoms with van der Waals surface area (Å²) in [5.74, 6) is 0.961. The van der Waals surface area contributed by atoms with Gasteiger partial charge in [0, 0.05) is 13.0 Å². The van der Waals surface area contributed by atoms with Crippen LogP contribution < -0.4 is 5.32 Å². The number of rotatable bonds is 6. The molecule has 0 amide bonds. The van der Waals surface area contributed by atoms with Crippen LogP contribution in [0.3, 0.4) is 0 Å². The molecule has 0 aliphatic heterocycles. The highest BCUT2D eigenvalue weighted by Gasteiger charge is 1.97. The number of H-pyrrole nitrogens is 1. The molecule has 2 rings (SSSR count). The van der Waals surface area contributed by atoms with Crippen molar-refractivity contribution in [3.05, 3.63) is 47.5 Å². The van der Waals surface area contributed by atoms with E-state index in [0.29, 0.717) is 0 Å². The largest absolute Gasteiger partial charge is 0.313 e.